The molecule has 0 amide bonds. The van der Waals surface area contributed by atoms with Gasteiger partial charge in [0.15, 0.2) is 5.58 Å². The van der Waals surface area contributed by atoms with Gasteiger partial charge in [-0.2, -0.15) is 0 Å². The second-order valence-electron chi connectivity index (χ2n) is 4.35. The highest BCUT2D eigenvalue weighted by atomic mass is 32.2. The van der Waals surface area contributed by atoms with Gasteiger partial charge in [0.05, 0.1) is 0 Å². The lowest BCUT2D eigenvalue weighted by Gasteiger charge is -2.06. The molecule has 0 radical (unpaired) electrons. The summed E-state index contributed by atoms with van der Waals surface area (Å²) in [7, 11) is 0. The molecule has 0 fully saturated rings. The van der Waals surface area contributed by atoms with Gasteiger partial charge < -0.3 is 10.2 Å². The lowest BCUT2D eigenvalue weighted by atomic mass is 10.1. The largest absolute Gasteiger partial charge is 0.431 e. The fraction of sp³-hybridized carbons (Fsp3) is 0.133. The second kappa shape index (κ2) is 5.64. The number of rotatable bonds is 4. The summed E-state index contributed by atoms with van der Waals surface area (Å²) in [5.74, 6) is 0.326. The molecule has 0 bridgehead atoms. The quantitative estimate of drug-likeness (QED) is 0.743. The zero-order valence-electron chi connectivity index (χ0n) is 10.7. The van der Waals surface area contributed by atoms with E-state index in [9.17, 15) is 4.39 Å². The summed E-state index contributed by atoms with van der Waals surface area (Å²) in [6, 6.07) is 12.3. The standard InChI is InChI=1S/C15H13FN2OS/c16-12-6-5-10(8-17)11(7-12)9-20-15-18-13-3-1-2-4-14(13)19-15/h1-7H,8-9,17H2. The fourth-order valence-electron chi connectivity index (χ4n) is 1.98. The smallest absolute Gasteiger partial charge is 0.257 e. The van der Waals surface area contributed by atoms with Gasteiger partial charge >= 0.3 is 0 Å². The Bertz CT molecular complexity index is 709. The molecule has 0 aliphatic heterocycles. The molecule has 3 aromatic rings. The second-order valence-corrected chi connectivity index (χ2v) is 5.28. The Morgan fingerprint density at radius 1 is 1.15 bits per heavy atom. The summed E-state index contributed by atoms with van der Waals surface area (Å²) in [6.07, 6.45) is 0. The summed E-state index contributed by atoms with van der Waals surface area (Å²) >= 11 is 1.44. The number of halogens is 1. The van der Waals surface area contributed by atoms with Crippen LogP contribution in [0.5, 0.6) is 0 Å². The third kappa shape index (κ3) is 2.69. The zero-order chi connectivity index (χ0) is 13.9. The molecule has 2 aromatic carbocycles. The summed E-state index contributed by atoms with van der Waals surface area (Å²) in [6.45, 7) is 0.393. The van der Waals surface area contributed by atoms with E-state index in [0.29, 0.717) is 17.5 Å². The number of thioether (sulfide) groups is 1. The van der Waals surface area contributed by atoms with Crippen LogP contribution in [0, 0.1) is 5.82 Å². The van der Waals surface area contributed by atoms with E-state index >= 15 is 0 Å². The molecule has 0 spiro atoms. The molecule has 102 valence electrons. The predicted octanol–water partition coefficient (Wildman–Crippen LogP) is 3.72. The van der Waals surface area contributed by atoms with Gasteiger partial charge in [-0.05, 0) is 35.4 Å². The maximum Gasteiger partial charge on any atom is 0.257 e. The lowest BCUT2D eigenvalue weighted by molar-refractivity contribution is 0.489. The van der Waals surface area contributed by atoms with E-state index in [2.05, 4.69) is 4.98 Å². The van der Waals surface area contributed by atoms with Gasteiger partial charge in [0, 0.05) is 12.3 Å². The minimum Gasteiger partial charge on any atom is -0.431 e. The number of aromatic nitrogens is 1. The van der Waals surface area contributed by atoms with E-state index in [1.807, 2.05) is 24.3 Å². The van der Waals surface area contributed by atoms with Gasteiger partial charge in [-0.25, -0.2) is 9.37 Å². The van der Waals surface area contributed by atoms with Crippen molar-refractivity contribution in [3.63, 3.8) is 0 Å². The maximum absolute atomic E-state index is 13.3. The van der Waals surface area contributed by atoms with E-state index in [4.69, 9.17) is 10.2 Å². The molecule has 20 heavy (non-hydrogen) atoms. The van der Waals surface area contributed by atoms with E-state index in [0.717, 1.165) is 22.2 Å². The molecule has 1 aromatic heterocycles. The van der Waals surface area contributed by atoms with Gasteiger partial charge in [-0.3, -0.25) is 0 Å². The summed E-state index contributed by atoms with van der Waals surface area (Å²) in [5, 5.41) is 0.582. The van der Waals surface area contributed by atoms with Crippen LogP contribution in [-0.2, 0) is 12.3 Å². The van der Waals surface area contributed by atoms with Gasteiger partial charge in [-0.15, -0.1) is 0 Å². The van der Waals surface area contributed by atoms with Crippen LogP contribution in [0.1, 0.15) is 11.1 Å². The average molecular weight is 288 g/mol. The van der Waals surface area contributed by atoms with Crippen LogP contribution in [0.4, 0.5) is 4.39 Å². The molecular formula is C15H13FN2OS. The van der Waals surface area contributed by atoms with Crippen LogP contribution in [0.15, 0.2) is 52.1 Å². The van der Waals surface area contributed by atoms with E-state index < -0.39 is 0 Å². The molecular weight excluding hydrogens is 275 g/mol. The van der Waals surface area contributed by atoms with Crippen molar-refractivity contribution >= 4 is 22.9 Å². The first-order chi connectivity index (χ1) is 9.76. The van der Waals surface area contributed by atoms with Crippen LogP contribution < -0.4 is 5.73 Å². The minimum absolute atomic E-state index is 0.254. The summed E-state index contributed by atoms with van der Waals surface area (Å²) in [4.78, 5) is 4.38. The van der Waals surface area contributed by atoms with Crippen LogP contribution >= 0.6 is 11.8 Å². The number of nitrogens with zero attached hydrogens (tertiary/aromatic N) is 1. The molecule has 5 heteroatoms. The van der Waals surface area contributed by atoms with E-state index in [1.165, 1.54) is 23.9 Å². The van der Waals surface area contributed by atoms with Crippen molar-refractivity contribution in [3.05, 3.63) is 59.4 Å². The van der Waals surface area contributed by atoms with Gasteiger partial charge in [0.1, 0.15) is 11.3 Å². The molecule has 0 unspecified atom stereocenters. The van der Waals surface area contributed by atoms with Crippen molar-refractivity contribution < 1.29 is 8.81 Å². The molecule has 3 nitrogen and oxygen atoms in total. The topological polar surface area (TPSA) is 52.0 Å². The number of fused-ring (bicyclic) bond motifs is 1. The Hall–Kier alpha value is -1.85. The monoisotopic (exact) mass is 288 g/mol. The Kier molecular flexibility index (Phi) is 3.71. The van der Waals surface area contributed by atoms with Crippen molar-refractivity contribution in [1.29, 1.82) is 0 Å². The summed E-state index contributed by atoms with van der Waals surface area (Å²) < 4.78 is 18.9. The van der Waals surface area contributed by atoms with Crippen LogP contribution in [0.25, 0.3) is 11.1 Å². The highest BCUT2D eigenvalue weighted by Crippen LogP contribution is 2.27. The van der Waals surface area contributed by atoms with E-state index in [-0.39, 0.29) is 5.82 Å². The Morgan fingerprint density at radius 3 is 2.80 bits per heavy atom. The fourth-order valence-corrected chi connectivity index (χ4v) is 2.84. The number of hydrogen-bond donors (Lipinski definition) is 1. The highest BCUT2D eigenvalue weighted by Gasteiger charge is 2.08. The van der Waals surface area contributed by atoms with Gasteiger partial charge in [0.25, 0.3) is 5.22 Å². The number of benzene rings is 2. The highest BCUT2D eigenvalue weighted by molar-refractivity contribution is 7.98. The van der Waals surface area contributed by atoms with Crippen molar-refractivity contribution in [2.45, 2.75) is 17.5 Å². The third-order valence-corrected chi connectivity index (χ3v) is 3.89. The first kappa shape index (κ1) is 13.1. The summed E-state index contributed by atoms with van der Waals surface area (Å²) in [5.41, 5.74) is 9.06. The van der Waals surface area contributed by atoms with Gasteiger partial charge in [0.2, 0.25) is 0 Å². The molecule has 3 rings (SSSR count). The van der Waals surface area contributed by atoms with Crippen molar-refractivity contribution in [1.82, 2.24) is 4.98 Å². The Morgan fingerprint density at radius 2 is 2.00 bits per heavy atom. The van der Waals surface area contributed by atoms with Crippen molar-refractivity contribution in [2.75, 3.05) is 0 Å². The van der Waals surface area contributed by atoms with Crippen LogP contribution in [0.3, 0.4) is 0 Å². The number of nitrogens with two attached hydrogens (primary N) is 1. The molecule has 2 N–H and O–H groups in total. The Balaban J connectivity index is 1.80. The normalized spacial score (nSPS) is 11.1. The molecule has 0 saturated carbocycles. The number of para-hydroxylation sites is 2. The number of hydrogen-bond acceptors (Lipinski definition) is 4. The van der Waals surface area contributed by atoms with Crippen LogP contribution in [-0.4, -0.2) is 4.98 Å². The maximum atomic E-state index is 13.3. The van der Waals surface area contributed by atoms with Crippen LogP contribution in [0.2, 0.25) is 0 Å². The molecule has 0 saturated heterocycles. The predicted molar refractivity (Wildman–Crippen MR) is 77.9 cm³/mol. The average Bonchev–Trinajstić information content (AvgIpc) is 2.88. The minimum atomic E-state index is -0.254. The first-order valence-electron chi connectivity index (χ1n) is 6.22. The number of oxazole rings is 1. The SMILES string of the molecule is NCc1ccc(F)cc1CSc1nc2ccccc2o1. The molecule has 0 aliphatic carbocycles. The molecule has 0 aliphatic rings. The third-order valence-electron chi connectivity index (χ3n) is 3.01. The molecule has 0 atom stereocenters. The van der Waals surface area contributed by atoms with Gasteiger partial charge in [-0.1, -0.05) is 30.0 Å². The Labute approximate surface area is 120 Å². The first-order valence-corrected chi connectivity index (χ1v) is 7.20. The van der Waals surface area contributed by atoms with E-state index in [1.54, 1.807) is 6.07 Å². The lowest BCUT2D eigenvalue weighted by Crippen LogP contribution is -2.01. The van der Waals surface area contributed by atoms with Crippen molar-refractivity contribution in [3.8, 4) is 0 Å². The molecule has 1 heterocycles. The van der Waals surface area contributed by atoms with Crippen molar-refractivity contribution in [2.24, 2.45) is 5.73 Å². The zero-order valence-corrected chi connectivity index (χ0v) is 11.5.